The maximum Gasteiger partial charge on any atom is 0.347 e. The van der Waals surface area contributed by atoms with Crippen LogP contribution in [0.5, 0.6) is 0 Å². The van der Waals surface area contributed by atoms with Crippen LogP contribution in [0.2, 0.25) is 5.02 Å². The van der Waals surface area contributed by atoms with Crippen molar-refractivity contribution >= 4 is 34.0 Å². The lowest BCUT2D eigenvalue weighted by atomic mass is 10.2. The third-order valence-electron chi connectivity index (χ3n) is 4.04. The van der Waals surface area contributed by atoms with Crippen molar-refractivity contribution < 1.29 is 0 Å². The minimum Gasteiger partial charge on any atom is -0.321 e. The van der Waals surface area contributed by atoms with Gasteiger partial charge in [-0.15, -0.1) is 0 Å². The van der Waals surface area contributed by atoms with Gasteiger partial charge in [-0.2, -0.15) is 4.98 Å². The summed E-state index contributed by atoms with van der Waals surface area (Å²) >= 11 is 6.09. The molecule has 0 saturated heterocycles. The van der Waals surface area contributed by atoms with Gasteiger partial charge in [0.15, 0.2) is 0 Å². The van der Waals surface area contributed by atoms with Gasteiger partial charge in [0.2, 0.25) is 0 Å². The molecule has 2 aromatic carbocycles. The van der Waals surface area contributed by atoms with Crippen LogP contribution >= 0.6 is 11.6 Å². The van der Waals surface area contributed by atoms with Crippen molar-refractivity contribution in [2.75, 3.05) is 4.90 Å². The first-order chi connectivity index (χ1) is 12.7. The molecule has 0 unspecified atom stereocenters. The second-order valence-electron chi connectivity index (χ2n) is 5.84. The average Bonchev–Trinajstić information content (AvgIpc) is 2.66. The molecule has 1 N–H and O–H groups in total. The van der Waals surface area contributed by atoms with E-state index in [1.807, 2.05) is 65.6 Å². The highest BCUT2D eigenvalue weighted by Crippen LogP contribution is 2.30. The van der Waals surface area contributed by atoms with Gasteiger partial charge >= 0.3 is 5.69 Å². The van der Waals surface area contributed by atoms with Gasteiger partial charge in [-0.3, -0.25) is 4.98 Å². The average molecular weight is 363 g/mol. The molecular formula is C20H15ClN4O. The minimum absolute atomic E-state index is 0.385. The first kappa shape index (κ1) is 16.3. The van der Waals surface area contributed by atoms with Gasteiger partial charge in [0.1, 0.15) is 5.82 Å². The first-order valence-corrected chi connectivity index (χ1v) is 8.49. The van der Waals surface area contributed by atoms with E-state index in [1.54, 1.807) is 12.4 Å². The Balaban J connectivity index is 1.90. The lowest BCUT2D eigenvalue weighted by molar-refractivity contribution is 0.930. The molecule has 0 saturated carbocycles. The summed E-state index contributed by atoms with van der Waals surface area (Å²) in [5.74, 6) is 0.593. The first-order valence-electron chi connectivity index (χ1n) is 8.12. The van der Waals surface area contributed by atoms with Crippen LogP contribution < -0.4 is 10.6 Å². The van der Waals surface area contributed by atoms with Crippen molar-refractivity contribution in [2.45, 2.75) is 6.54 Å². The third kappa shape index (κ3) is 3.30. The monoisotopic (exact) mass is 362 g/mol. The molecular weight excluding hydrogens is 348 g/mol. The largest absolute Gasteiger partial charge is 0.347 e. The molecule has 4 rings (SSSR count). The van der Waals surface area contributed by atoms with Gasteiger partial charge in [0.25, 0.3) is 0 Å². The van der Waals surface area contributed by atoms with Crippen LogP contribution in [0.1, 0.15) is 5.56 Å². The molecule has 5 nitrogen and oxygen atoms in total. The predicted molar refractivity (Wildman–Crippen MR) is 104 cm³/mol. The summed E-state index contributed by atoms with van der Waals surface area (Å²) in [4.78, 5) is 25.3. The number of nitrogens with zero attached hydrogens (tertiary/aromatic N) is 3. The Morgan fingerprint density at radius 1 is 1.00 bits per heavy atom. The SMILES string of the molecule is O=c1nc(N(Cc2cncc(Cl)c2)c2ccccc2)c2ccccc2[nH]1. The number of aromatic nitrogens is 3. The predicted octanol–water partition coefficient (Wildman–Crippen LogP) is 4.31. The molecule has 0 spiro atoms. The fourth-order valence-corrected chi connectivity index (χ4v) is 3.11. The highest BCUT2D eigenvalue weighted by Gasteiger charge is 2.16. The molecule has 4 aromatic rings. The normalized spacial score (nSPS) is 10.8. The van der Waals surface area contributed by atoms with Crippen molar-refractivity contribution in [2.24, 2.45) is 0 Å². The fourth-order valence-electron chi connectivity index (χ4n) is 2.91. The number of para-hydroxylation sites is 2. The molecule has 0 fully saturated rings. The van der Waals surface area contributed by atoms with E-state index in [9.17, 15) is 4.79 Å². The Labute approximate surface area is 154 Å². The minimum atomic E-state index is -0.385. The van der Waals surface area contributed by atoms with Crippen molar-refractivity contribution in [3.8, 4) is 0 Å². The van der Waals surface area contributed by atoms with E-state index in [-0.39, 0.29) is 5.69 Å². The number of rotatable bonds is 4. The molecule has 2 aromatic heterocycles. The Morgan fingerprint density at radius 3 is 2.58 bits per heavy atom. The number of aromatic amines is 1. The quantitative estimate of drug-likeness (QED) is 0.587. The van der Waals surface area contributed by atoms with Gasteiger partial charge in [-0.05, 0) is 35.9 Å². The molecule has 0 radical (unpaired) electrons. The van der Waals surface area contributed by atoms with Crippen LogP contribution in [0.15, 0.2) is 77.9 Å². The van der Waals surface area contributed by atoms with Crippen LogP contribution in [-0.4, -0.2) is 15.0 Å². The Morgan fingerprint density at radius 2 is 1.77 bits per heavy atom. The third-order valence-corrected chi connectivity index (χ3v) is 4.25. The zero-order valence-corrected chi connectivity index (χ0v) is 14.5. The Bertz CT molecular complexity index is 1110. The van der Waals surface area contributed by atoms with Gasteiger partial charge in [0, 0.05) is 23.5 Å². The Kier molecular flexibility index (Phi) is 4.37. The van der Waals surface area contributed by atoms with E-state index in [0.29, 0.717) is 17.4 Å². The molecule has 2 heterocycles. The highest BCUT2D eigenvalue weighted by atomic mass is 35.5. The number of anilines is 2. The van der Waals surface area contributed by atoms with Crippen molar-refractivity contribution in [3.05, 3.63) is 94.1 Å². The maximum atomic E-state index is 12.1. The van der Waals surface area contributed by atoms with Crippen molar-refractivity contribution in [1.29, 1.82) is 0 Å². The van der Waals surface area contributed by atoms with Gasteiger partial charge in [-0.1, -0.05) is 41.9 Å². The molecule has 6 heteroatoms. The number of halogens is 1. The van der Waals surface area contributed by atoms with Crippen LogP contribution in [0.4, 0.5) is 11.5 Å². The number of benzene rings is 2. The number of fused-ring (bicyclic) bond motifs is 1. The summed E-state index contributed by atoms with van der Waals surface area (Å²) < 4.78 is 0. The summed E-state index contributed by atoms with van der Waals surface area (Å²) in [6.45, 7) is 0.484. The molecule has 0 aliphatic rings. The molecule has 0 aliphatic heterocycles. The molecule has 128 valence electrons. The lowest BCUT2D eigenvalue weighted by Gasteiger charge is -2.25. The molecule has 0 atom stereocenters. The second-order valence-corrected chi connectivity index (χ2v) is 6.28. The van der Waals surface area contributed by atoms with E-state index < -0.39 is 0 Å². The molecule has 0 amide bonds. The van der Waals surface area contributed by atoms with E-state index >= 15 is 0 Å². The Hall–Kier alpha value is -3.18. The smallest absolute Gasteiger partial charge is 0.321 e. The van der Waals surface area contributed by atoms with Crippen LogP contribution in [0.25, 0.3) is 10.9 Å². The van der Waals surface area contributed by atoms with Gasteiger partial charge < -0.3 is 9.88 Å². The number of hydrogen-bond donors (Lipinski definition) is 1. The van der Waals surface area contributed by atoms with E-state index in [4.69, 9.17) is 11.6 Å². The maximum absolute atomic E-state index is 12.1. The standard InChI is InChI=1S/C20H15ClN4O/c21-15-10-14(11-22-12-15)13-25(16-6-2-1-3-7-16)19-17-8-4-5-9-18(17)23-20(26)24-19/h1-12H,13H2,(H,23,24,26). The van der Waals surface area contributed by atoms with E-state index in [0.717, 1.165) is 22.2 Å². The highest BCUT2D eigenvalue weighted by molar-refractivity contribution is 6.30. The summed E-state index contributed by atoms with van der Waals surface area (Å²) in [5.41, 5.74) is 2.21. The fraction of sp³-hybridized carbons (Fsp3) is 0.0500. The zero-order valence-electron chi connectivity index (χ0n) is 13.8. The van der Waals surface area contributed by atoms with Crippen molar-refractivity contribution in [3.63, 3.8) is 0 Å². The van der Waals surface area contributed by atoms with Crippen LogP contribution in [0, 0.1) is 0 Å². The van der Waals surface area contributed by atoms with E-state index in [1.165, 1.54) is 0 Å². The number of H-pyrrole nitrogens is 1. The second kappa shape index (κ2) is 6.98. The van der Waals surface area contributed by atoms with Gasteiger partial charge in [0.05, 0.1) is 17.1 Å². The number of nitrogens with one attached hydrogen (secondary N) is 1. The number of pyridine rings is 1. The molecule has 0 bridgehead atoms. The van der Waals surface area contributed by atoms with Crippen molar-refractivity contribution in [1.82, 2.24) is 15.0 Å². The number of hydrogen-bond acceptors (Lipinski definition) is 4. The summed E-state index contributed by atoms with van der Waals surface area (Å²) in [5, 5.41) is 1.44. The van der Waals surface area contributed by atoms with Gasteiger partial charge in [-0.25, -0.2) is 4.79 Å². The lowest BCUT2D eigenvalue weighted by Crippen LogP contribution is -2.22. The summed E-state index contributed by atoms with van der Waals surface area (Å²) in [6.07, 6.45) is 3.36. The topological polar surface area (TPSA) is 61.9 Å². The van der Waals surface area contributed by atoms with E-state index in [2.05, 4.69) is 15.0 Å². The van der Waals surface area contributed by atoms with Crippen LogP contribution in [0.3, 0.4) is 0 Å². The molecule has 0 aliphatic carbocycles. The van der Waals surface area contributed by atoms with Crippen LogP contribution in [-0.2, 0) is 6.54 Å². The summed E-state index contributed by atoms with van der Waals surface area (Å²) in [6, 6.07) is 19.3. The zero-order chi connectivity index (χ0) is 17.9. The summed E-state index contributed by atoms with van der Waals surface area (Å²) in [7, 11) is 0. The molecule has 26 heavy (non-hydrogen) atoms.